The summed E-state index contributed by atoms with van der Waals surface area (Å²) in [5, 5.41) is 0. The monoisotopic (exact) mass is 256 g/mol. The van der Waals surface area contributed by atoms with Crippen LogP contribution in [0.1, 0.15) is 66.2 Å². The lowest BCUT2D eigenvalue weighted by atomic mass is 9.84. The van der Waals surface area contributed by atoms with Crippen LogP contribution >= 0.6 is 0 Å². The van der Waals surface area contributed by atoms with Gasteiger partial charge in [-0.3, -0.25) is 9.59 Å². The maximum Gasteiger partial charge on any atom is 0.223 e. The van der Waals surface area contributed by atoms with Crippen LogP contribution in [0.25, 0.3) is 0 Å². The highest BCUT2D eigenvalue weighted by Gasteiger charge is 2.25. The number of unbranched alkanes of at least 4 members (excludes halogenated alkanes) is 3. The van der Waals surface area contributed by atoms with Crippen LogP contribution in [0.5, 0.6) is 0 Å². The quantitative estimate of drug-likeness (QED) is 0.620. The van der Waals surface area contributed by atoms with E-state index in [2.05, 4.69) is 0 Å². The van der Waals surface area contributed by atoms with E-state index in [-0.39, 0.29) is 11.8 Å². The summed E-state index contributed by atoms with van der Waals surface area (Å²) < 4.78 is 0. The Hall–Kier alpha value is -1.06. The van der Waals surface area contributed by atoms with E-state index in [1.807, 2.05) is 27.7 Å². The number of hydrogen-bond acceptors (Lipinski definition) is 2. The third kappa shape index (κ3) is 6.03. The molecule has 4 nitrogen and oxygen atoms in total. The molecule has 4 N–H and O–H groups in total. The highest BCUT2D eigenvalue weighted by atomic mass is 16.1. The van der Waals surface area contributed by atoms with Gasteiger partial charge in [-0.1, -0.05) is 53.4 Å². The molecule has 0 saturated carbocycles. The zero-order valence-corrected chi connectivity index (χ0v) is 12.2. The van der Waals surface area contributed by atoms with Gasteiger partial charge >= 0.3 is 0 Å². The van der Waals surface area contributed by atoms with Gasteiger partial charge in [0.15, 0.2) is 0 Å². The van der Waals surface area contributed by atoms with Crippen LogP contribution in [0.15, 0.2) is 0 Å². The minimum atomic E-state index is -0.410. The predicted octanol–water partition coefficient (Wildman–Crippen LogP) is 2.35. The van der Waals surface area contributed by atoms with Crippen molar-refractivity contribution in [3.05, 3.63) is 0 Å². The first kappa shape index (κ1) is 16.9. The Morgan fingerprint density at radius 3 is 1.22 bits per heavy atom. The molecule has 106 valence electrons. The van der Waals surface area contributed by atoms with Crippen LogP contribution in [0.4, 0.5) is 0 Å². The zero-order valence-electron chi connectivity index (χ0n) is 12.2. The molecule has 0 aliphatic heterocycles. The fraction of sp³-hybridized carbons (Fsp3) is 0.857. The van der Waals surface area contributed by atoms with Crippen LogP contribution in [-0.2, 0) is 9.59 Å². The molecule has 0 atom stereocenters. The molecule has 0 unspecified atom stereocenters. The summed E-state index contributed by atoms with van der Waals surface area (Å²) in [5.41, 5.74) is 9.80. The smallest absolute Gasteiger partial charge is 0.223 e. The van der Waals surface area contributed by atoms with Crippen molar-refractivity contribution < 1.29 is 9.59 Å². The molecule has 18 heavy (non-hydrogen) atoms. The van der Waals surface area contributed by atoms with Crippen molar-refractivity contribution in [3.8, 4) is 0 Å². The predicted molar refractivity (Wildman–Crippen MR) is 73.7 cm³/mol. The van der Waals surface area contributed by atoms with Crippen LogP contribution in [0.3, 0.4) is 0 Å². The largest absolute Gasteiger partial charge is 0.369 e. The molecule has 0 bridgehead atoms. The van der Waals surface area contributed by atoms with Crippen molar-refractivity contribution in [2.75, 3.05) is 0 Å². The minimum absolute atomic E-state index is 0.239. The average Bonchev–Trinajstić information content (AvgIpc) is 2.22. The molecule has 0 heterocycles. The third-order valence-electron chi connectivity index (χ3n) is 3.69. The van der Waals surface area contributed by atoms with E-state index < -0.39 is 10.8 Å². The van der Waals surface area contributed by atoms with Gasteiger partial charge in [-0.25, -0.2) is 0 Å². The van der Waals surface area contributed by atoms with Crippen molar-refractivity contribution in [1.82, 2.24) is 0 Å². The zero-order chi connectivity index (χ0) is 14.4. The highest BCUT2D eigenvalue weighted by Crippen LogP contribution is 2.26. The molecule has 2 amide bonds. The molecule has 0 saturated heterocycles. The lowest BCUT2D eigenvalue weighted by molar-refractivity contribution is -0.127. The second-order valence-corrected chi connectivity index (χ2v) is 6.41. The first-order valence-corrected chi connectivity index (χ1v) is 6.69. The van der Waals surface area contributed by atoms with Gasteiger partial charge in [0.1, 0.15) is 0 Å². The van der Waals surface area contributed by atoms with Gasteiger partial charge in [0.25, 0.3) is 0 Å². The fourth-order valence-electron chi connectivity index (χ4n) is 1.73. The Balaban J connectivity index is 3.71. The van der Waals surface area contributed by atoms with Crippen LogP contribution in [0, 0.1) is 10.8 Å². The second kappa shape index (κ2) is 6.76. The number of hydrogen-bond donors (Lipinski definition) is 2. The van der Waals surface area contributed by atoms with Crippen LogP contribution in [0.2, 0.25) is 0 Å². The molecule has 0 spiro atoms. The van der Waals surface area contributed by atoms with Crippen LogP contribution < -0.4 is 11.5 Å². The first-order valence-electron chi connectivity index (χ1n) is 6.69. The Morgan fingerprint density at radius 2 is 1.00 bits per heavy atom. The Kier molecular flexibility index (Phi) is 6.36. The third-order valence-corrected chi connectivity index (χ3v) is 3.69. The van der Waals surface area contributed by atoms with Gasteiger partial charge < -0.3 is 11.5 Å². The Morgan fingerprint density at radius 1 is 0.722 bits per heavy atom. The first-order chi connectivity index (χ1) is 8.09. The molecule has 0 aromatic heterocycles. The van der Waals surface area contributed by atoms with Gasteiger partial charge in [-0.15, -0.1) is 0 Å². The lowest BCUT2D eigenvalue weighted by Crippen LogP contribution is -2.31. The fourth-order valence-corrected chi connectivity index (χ4v) is 1.73. The molecule has 0 aromatic rings. The second-order valence-electron chi connectivity index (χ2n) is 6.41. The van der Waals surface area contributed by atoms with E-state index in [9.17, 15) is 9.59 Å². The van der Waals surface area contributed by atoms with Crippen molar-refractivity contribution in [2.24, 2.45) is 22.3 Å². The summed E-state index contributed by atoms with van der Waals surface area (Å²) in [6, 6.07) is 0. The molecular formula is C14H28N2O2. The van der Waals surface area contributed by atoms with Gasteiger partial charge in [0.2, 0.25) is 11.8 Å². The van der Waals surface area contributed by atoms with E-state index in [0.717, 1.165) is 38.5 Å². The van der Waals surface area contributed by atoms with Crippen LogP contribution in [-0.4, -0.2) is 11.8 Å². The van der Waals surface area contributed by atoms with E-state index >= 15 is 0 Å². The van der Waals surface area contributed by atoms with Gasteiger partial charge in [-0.05, 0) is 12.8 Å². The minimum Gasteiger partial charge on any atom is -0.369 e. The summed E-state index contributed by atoms with van der Waals surface area (Å²) >= 11 is 0. The molecule has 0 aliphatic rings. The summed E-state index contributed by atoms with van der Waals surface area (Å²) in [6.07, 6.45) is 5.75. The van der Waals surface area contributed by atoms with Crippen molar-refractivity contribution in [2.45, 2.75) is 66.2 Å². The molecule has 0 aliphatic carbocycles. The maximum absolute atomic E-state index is 11.1. The Labute approximate surface area is 110 Å². The topological polar surface area (TPSA) is 86.2 Å². The van der Waals surface area contributed by atoms with Crippen molar-refractivity contribution in [3.63, 3.8) is 0 Å². The molecule has 0 rings (SSSR count). The van der Waals surface area contributed by atoms with E-state index in [4.69, 9.17) is 11.5 Å². The van der Waals surface area contributed by atoms with Gasteiger partial charge in [0, 0.05) is 10.8 Å². The number of carbonyl (C=O) groups excluding carboxylic acids is 2. The number of carbonyl (C=O) groups is 2. The maximum atomic E-state index is 11.1. The number of amides is 2. The average molecular weight is 256 g/mol. The molecule has 4 heteroatoms. The number of primary amides is 2. The summed E-state index contributed by atoms with van der Waals surface area (Å²) in [7, 11) is 0. The summed E-state index contributed by atoms with van der Waals surface area (Å²) in [5.74, 6) is -0.477. The van der Waals surface area contributed by atoms with Gasteiger partial charge in [0.05, 0.1) is 0 Å². The van der Waals surface area contributed by atoms with E-state index in [1.54, 1.807) is 0 Å². The molecular weight excluding hydrogens is 228 g/mol. The highest BCUT2D eigenvalue weighted by molar-refractivity contribution is 5.80. The number of nitrogens with two attached hydrogens (primary N) is 2. The summed E-state index contributed by atoms with van der Waals surface area (Å²) in [6.45, 7) is 7.52. The SMILES string of the molecule is CC(C)(CCCCCCC(C)(C)C(N)=O)C(N)=O. The summed E-state index contributed by atoms with van der Waals surface area (Å²) in [4.78, 5) is 22.2. The lowest BCUT2D eigenvalue weighted by Gasteiger charge is -2.21. The van der Waals surface area contributed by atoms with Gasteiger partial charge in [-0.2, -0.15) is 0 Å². The Bertz CT molecular complexity index is 266. The van der Waals surface area contributed by atoms with E-state index in [0.29, 0.717) is 0 Å². The molecule has 0 aromatic carbocycles. The molecule has 0 fully saturated rings. The standard InChI is InChI=1S/C14H28N2O2/c1-13(2,11(15)17)9-7-5-6-8-10-14(3,4)12(16)18/h5-10H2,1-4H3,(H2,15,17)(H2,16,18). The van der Waals surface area contributed by atoms with Crippen molar-refractivity contribution >= 4 is 11.8 Å². The molecule has 0 radical (unpaired) electrons. The van der Waals surface area contributed by atoms with Crippen molar-refractivity contribution in [1.29, 1.82) is 0 Å². The normalized spacial score (nSPS) is 12.4. The van der Waals surface area contributed by atoms with E-state index in [1.165, 1.54) is 0 Å². The number of rotatable bonds is 9.